The van der Waals surface area contributed by atoms with E-state index in [1.165, 1.54) is 13.8 Å². The van der Waals surface area contributed by atoms with Crippen molar-refractivity contribution in [1.82, 2.24) is 10.6 Å². The minimum Gasteiger partial charge on any atom is -0.351 e. The molecule has 2 rings (SSSR count). The molecule has 2 aromatic rings. The number of hydrogen-bond donors (Lipinski definition) is 2. The molecule has 0 atom stereocenters. The van der Waals surface area contributed by atoms with Gasteiger partial charge in [0, 0.05) is 13.1 Å². The Morgan fingerprint density at radius 3 is 0.970 bits per heavy atom. The number of amides is 2. The molecule has 0 unspecified atom stereocenters. The fourth-order valence-corrected chi connectivity index (χ4v) is 2.49. The molecule has 2 aromatic carbocycles. The van der Waals surface area contributed by atoms with Crippen LogP contribution in [0.15, 0.2) is 0 Å². The summed E-state index contributed by atoms with van der Waals surface area (Å²) >= 11 is 0. The topological polar surface area (TPSA) is 58.2 Å². The molecule has 2 amide bonds. The standard InChI is InChI=1S/C19H12F10N2O2/c1-19(2,3-30-17(32)5-7(20)11(24)15(28)12(25)8(5)21)4-31-18(33)6-9(22)13(26)16(29)14(27)10(6)23/h3-4H2,1-2H3,(H,30,32)(H,31,33). The molecule has 0 spiro atoms. The second-order valence-electron chi connectivity index (χ2n) is 7.42. The Kier molecular flexibility index (Phi) is 7.29. The van der Waals surface area contributed by atoms with Crippen molar-refractivity contribution in [3.8, 4) is 0 Å². The summed E-state index contributed by atoms with van der Waals surface area (Å²) in [5.41, 5.74) is -4.85. The van der Waals surface area contributed by atoms with Gasteiger partial charge in [0.2, 0.25) is 11.6 Å². The second kappa shape index (κ2) is 9.27. The van der Waals surface area contributed by atoms with Crippen LogP contribution in [-0.2, 0) is 0 Å². The smallest absolute Gasteiger partial charge is 0.257 e. The maximum Gasteiger partial charge on any atom is 0.257 e. The number of hydrogen-bond acceptors (Lipinski definition) is 2. The van der Waals surface area contributed by atoms with Crippen LogP contribution in [0, 0.1) is 63.6 Å². The number of benzene rings is 2. The molecule has 4 nitrogen and oxygen atoms in total. The zero-order valence-electron chi connectivity index (χ0n) is 16.5. The molecule has 33 heavy (non-hydrogen) atoms. The molecule has 2 N–H and O–H groups in total. The van der Waals surface area contributed by atoms with E-state index in [9.17, 15) is 53.5 Å². The van der Waals surface area contributed by atoms with Crippen LogP contribution >= 0.6 is 0 Å². The van der Waals surface area contributed by atoms with Gasteiger partial charge in [-0.2, -0.15) is 0 Å². The van der Waals surface area contributed by atoms with E-state index in [0.717, 1.165) is 0 Å². The van der Waals surface area contributed by atoms with E-state index in [2.05, 4.69) is 0 Å². The first-order valence-electron chi connectivity index (χ1n) is 8.71. The average Bonchev–Trinajstić information content (AvgIpc) is 2.76. The molecular formula is C19H12F10N2O2. The molecule has 0 radical (unpaired) electrons. The second-order valence-corrected chi connectivity index (χ2v) is 7.42. The van der Waals surface area contributed by atoms with Gasteiger partial charge in [-0.15, -0.1) is 0 Å². The fraction of sp³-hybridized carbons (Fsp3) is 0.263. The Morgan fingerprint density at radius 2 is 0.727 bits per heavy atom. The van der Waals surface area contributed by atoms with E-state index < -0.39 is 99.6 Å². The van der Waals surface area contributed by atoms with Crippen LogP contribution in [0.5, 0.6) is 0 Å². The first-order chi connectivity index (χ1) is 15.1. The maximum atomic E-state index is 13.7. The van der Waals surface area contributed by atoms with Crippen LogP contribution in [0.2, 0.25) is 0 Å². The van der Waals surface area contributed by atoms with Gasteiger partial charge < -0.3 is 10.6 Å². The number of nitrogens with one attached hydrogen (secondary N) is 2. The third kappa shape index (κ3) is 4.88. The van der Waals surface area contributed by atoms with Crippen molar-refractivity contribution in [1.29, 1.82) is 0 Å². The van der Waals surface area contributed by atoms with Crippen molar-refractivity contribution in [2.75, 3.05) is 13.1 Å². The van der Waals surface area contributed by atoms with E-state index in [-0.39, 0.29) is 0 Å². The van der Waals surface area contributed by atoms with Crippen LogP contribution in [0.25, 0.3) is 0 Å². The van der Waals surface area contributed by atoms with Crippen LogP contribution in [0.4, 0.5) is 43.9 Å². The van der Waals surface area contributed by atoms with Gasteiger partial charge >= 0.3 is 0 Å². The van der Waals surface area contributed by atoms with Crippen molar-refractivity contribution >= 4 is 11.8 Å². The average molecular weight is 490 g/mol. The van der Waals surface area contributed by atoms with Gasteiger partial charge in [0.05, 0.1) is 0 Å². The molecular weight excluding hydrogens is 478 g/mol. The molecule has 0 saturated heterocycles. The zero-order valence-corrected chi connectivity index (χ0v) is 16.5. The first-order valence-corrected chi connectivity index (χ1v) is 8.71. The molecule has 0 saturated carbocycles. The third-order valence-electron chi connectivity index (χ3n) is 4.33. The Balaban J connectivity index is 2.14. The van der Waals surface area contributed by atoms with Gasteiger partial charge in [-0.1, -0.05) is 13.8 Å². The van der Waals surface area contributed by atoms with E-state index >= 15 is 0 Å². The largest absolute Gasteiger partial charge is 0.351 e. The highest BCUT2D eigenvalue weighted by Crippen LogP contribution is 2.25. The molecule has 0 aromatic heterocycles. The Labute approximate surface area is 178 Å². The molecule has 0 aliphatic heterocycles. The predicted octanol–water partition coefficient (Wildman–Crippen LogP) is 4.26. The summed E-state index contributed by atoms with van der Waals surface area (Å²) in [6, 6.07) is 0. The van der Waals surface area contributed by atoms with Gasteiger partial charge in [0.15, 0.2) is 46.5 Å². The van der Waals surface area contributed by atoms with Gasteiger partial charge in [-0.25, -0.2) is 43.9 Å². The number of halogens is 10. The quantitative estimate of drug-likeness (QED) is 0.361. The van der Waals surface area contributed by atoms with Gasteiger partial charge in [0.25, 0.3) is 11.8 Å². The van der Waals surface area contributed by atoms with Crippen LogP contribution < -0.4 is 10.6 Å². The highest BCUT2D eigenvalue weighted by molar-refractivity contribution is 5.95. The maximum absolute atomic E-state index is 13.7. The summed E-state index contributed by atoms with van der Waals surface area (Å²) < 4.78 is 134. The van der Waals surface area contributed by atoms with E-state index in [1.807, 2.05) is 10.6 Å². The Hall–Kier alpha value is -3.32. The summed E-state index contributed by atoms with van der Waals surface area (Å²) in [5, 5.41) is 3.73. The molecule has 0 bridgehead atoms. The molecule has 0 fully saturated rings. The lowest BCUT2D eigenvalue weighted by Gasteiger charge is -2.25. The van der Waals surface area contributed by atoms with E-state index in [1.54, 1.807) is 0 Å². The molecule has 0 aliphatic carbocycles. The molecule has 180 valence electrons. The Morgan fingerprint density at radius 1 is 0.515 bits per heavy atom. The van der Waals surface area contributed by atoms with Crippen molar-refractivity contribution in [3.63, 3.8) is 0 Å². The highest BCUT2D eigenvalue weighted by Gasteiger charge is 2.32. The lowest BCUT2D eigenvalue weighted by molar-refractivity contribution is 0.0908. The SMILES string of the molecule is CC(C)(CNC(=O)c1c(F)c(F)c(F)c(F)c1F)CNC(=O)c1c(F)c(F)c(F)c(F)c1F. The van der Waals surface area contributed by atoms with Gasteiger partial charge in [-0.05, 0) is 5.41 Å². The van der Waals surface area contributed by atoms with Crippen molar-refractivity contribution in [3.05, 3.63) is 69.3 Å². The minimum atomic E-state index is -2.47. The molecule has 0 heterocycles. The monoisotopic (exact) mass is 490 g/mol. The molecule has 0 aliphatic rings. The van der Waals surface area contributed by atoms with Gasteiger partial charge in [0.1, 0.15) is 11.1 Å². The number of rotatable bonds is 6. The van der Waals surface area contributed by atoms with Crippen LogP contribution in [0.1, 0.15) is 34.6 Å². The summed E-state index contributed by atoms with van der Waals surface area (Å²) in [6.07, 6.45) is 0. The predicted molar refractivity (Wildman–Crippen MR) is 90.9 cm³/mol. The number of carbonyl (C=O) groups excluding carboxylic acids is 2. The normalized spacial score (nSPS) is 11.5. The summed E-state index contributed by atoms with van der Waals surface area (Å²) in [5.74, 6) is -27.3. The minimum absolute atomic E-state index is 0.595. The van der Waals surface area contributed by atoms with Gasteiger partial charge in [-0.3, -0.25) is 9.59 Å². The highest BCUT2D eigenvalue weighted by atomic mass is 19.2. The third-order valence-corrected chi connectivity index (χ3v) is 4.33. The fourth-order valence-electron chi connectivity index (χ4n) is 2.49. The van der Waals surface area contributed by atoms with Crippen molar-refractivity contribution in [2.45, 2.75) is 13.8 Å². The summed E-state index contributed by atoms with van der Waals surface area (Å²) in [4.78, 5) is 23.9. The molecule has 14 heteroatoms. The van der Waals surface area contributed by atoms with Crippen LogP contribution in [0.3, 0.4) is 0 Å². The van der Waals surface area contributed by atoms with E-state index in [4.69, 9.17) is 0 Å². The summed E-state index contributed by atoms with van der Waals surface area (Å²) in [6.45, 7) is 1.35. The number of carbonyl (C=O) groups is 2. The van der Waals surface area contributed by atoms with Crippen molar-refractivity contribution < 1.29 is 53.5 Å². The lowest BCUT2D eigenvalue weighted by atomic mass is 9.93. The Bertz CT molecular complexity index is 1000. The lowest BCUT2D eigenvalue weighted by Crippen LogP contribution is -2.43. The summed E-state index contributed by atoms with van der Waals surface area (Å²) in [7, 11) is 0. The van der Waals surface area contributed by atoms with E-state index in [0.29, 0.717) is 0 Å². The van der Waals surface area contributed by atoms with Crippen LogP contribution in [-0.4, -0.2) is 24.9 Å². The zero-order chi connectivity index (χ0) is 25.4. The first kappa shape index (κ1) is 25.9. The van der Waals surface area contributed by atoms with Crippen molar-refractivity contribution in [2.24, 2.45) is 5.41 Å².